The minimum absolute atomic E-state index is 0.103. The van der Waals surface area contributed by atoms with Crippen molar-refractivity contribution in [2.75, 3.05) is 5.32 Å². The van der Waals surface area contributed by atoms with Crippen LogP contribution in [-0.4, -0.2) is 31.7 Å². The molecule has 2 aromatic carbocycles. The van der Waals surface area contributed by atoms with E-state index in [1.165, 1.54) is 18.7 Å². The molecular weight excluding hydrogens is 436 g/mol. The maximum absolute atomic E-state index is 12.9. The lowest BCUT2D eigenvalue weighted by atomic mass is 10.1. The van der Waals surface area contributed by atoms with E-state index in [1.807, 2.05) is 47.9 Å². The standard InChI is InChI=1S/C25H24N4O3S/c1-16(30)20-11-7-8-12-22(20)26-24(31)18(3)33-25-28-27-23(21-13-14-32-17(21)2)29(25)15-19-9-5-4-6-10-19/h4-14,18H,15H2,1-3H3,(H,26,31). The zero-order chi connectivity index (χ0) is 23.4. The number of carbonyl (C=O) groups is 2. The van der Waals surface area contributed by atoms with Crippen LogP contribution in [0.25, 0.3) is 11.4 Å². The number of ketones is 1. The molecule has 0 fully saturated rings. The summed E-state index contributed by atoms with van der Waals surface area (Å²) in [4.78, 5) is 24.8. The zero-order valence-electron chi connectivity index (χ0n) is 18.6. The Bertz CT molecular complexity index is 1280. The van der Waals surface area contributed by atoms with Crippen LogP contribution < -0.4 is 5.32 Å². The lowest BCUT2D eigenvalue weighted by Gasteiger charge is -2.15. The molecule has 0 radical (unpaired) electrons. The second-order valence-corrected chi connectivity index (χ2v) is 8.93. The molecule has 0 saturated carbocycles. The molecule has 4 rings (SSSR count). The molecule has 168 valence electrons. The van der Waals surface area contributed by atoms with Crippen molar-refractivity contribution in [2.24, 2.45) is 0 Å². The average molecular weight is 461 g/mol. The molecule has 1 atom stereocenters. The van der Waals surface area contributed by atoms with Gasteiger partial charge in [0, 0.05) is 5.56 Å². The molecule has 7 nitrogen and oxygen atoms in total. The van der Waals surface area contributed by atoms with E-state index in [4.69, 9.17) is 4.42 Å². The normalized spacial score (nSPS) is 11.8. The maximum Gasteiger partial charge on any atom is 0.237 e. The third kappa shape index (κ3) is 5.06. The number of amides is 1. The number of thioether (sulfide) groups is 1. The Morgan fingerprint density at radius 2 is 1.79 bits per heavy atom. The Morgan fingerprint density at radius 1 is 1.06 bits per heavy atom. The Hall–Kier alpha value is -3.65. The minimum Gasteiger partial charge on any atom is -0.469 e. The fraction of sp³-hybridized carbons (Fsp3) is 0.200. The number of hydrogen-bond donors (Lipinski definition) is 1. The third-order valence-corrected chi connectivity index (χ3v) is 6.30. The summed E-state index contributed by atoms with van der Waals surface area (Å²) in [5.41, 5.74) is 2.93. The van der Waals surface area contributed by atoms with Crippen LogP contribution in [0.4, 0.5) is 5.69 Å². The lowest BCUT2D eigenvalue weighted by molar-refractivity contribution is -0.115. The van der Waals surface area contributed by atoms with Crippen LogP contribution in [0.1, 0.15) is 35.5 Å². The lowest BCUT2D eigenvalue weighted by Crippen LogP contribution is -2.24. The van der Waals surface area contributed by atoms with Crippen LogP contribution in [0.5, 0.6) is 0 Å². The molecule has 1 unspecified atom stereocenters. The highest BCUT2D eigenvalue weighted by Crippen LogP contribution is 2.30. The number of aryl methyl sites for hydroxylation is 1. The summed E-state index contributed by atoms with van der Waals surface area (Å²) in [6.45, 7) is 5.72. The summed E-state index contributed by atoms with van der Waals surface area (Å²) >= 11 is 1.32. The van der Waals surface area contributed by atoms with Crippen LogP contribution in [-0.2, 0) is 11.3 Å². The van der Waals surface area contributed by atoms with Crippen LogP contribution in [0.15, 0.2) is 76.5 Å². The molecule has 0 bridgehead atoms. The van der Waals surface area contributed by atoms with Gasteiger partial charge in [0.2, 0.25) is 5.91 Å². The number of hydrogen-bond acceptors (Lipinski definition) is 6. The number of nitrogens with zero attached hydrogens (tertiary/aromatic N) is 3. The first-order chi connectivity index (χ1) is 15.9. The first kappa shape index (κ1) is 22.5. The maximum atomic E-state index is 12.9. The van der Waals surface area contributed by atoms with Gasteiger partial charge in [0.15, 0.2) is 16.8 Å². The van der Waals surface area contributed by atoms with Gasteiger partial charge in [-0.15, -0.1) is 10.2 Å². The van der Waals surface area contributed by atoms with Crippen molar-refractivity contribution in [3.63, 3.8) is 0 Å². The summed E-state index contributed by atoms with van der Waals surface area (Å²) in [7, 11) is 0. The van der Waals surface area contributed by atoms with Crippen molar-refractivity contribution in [3.05, 3.63) is 83.8 Å². The van der Waals surface area contributed by atoms with Gasteiger partial charge < -0.3 is 9.73 Å². The molecule has 0 aliphatic carbocycles. The van der Waals surface area contributed by atoms with Crippen molar-refractivity contribution in [1.29, 1.82) is 0 Å². The fourth-order valence-electron chi connectivity index (χ4n) is 3.45. The number of furan rings is 1. The SMILES string of the molecule is CC(=O)c1ccccc1NC(=O)C(C)Sc1nnc(-c2ccoc2C)n1Cc1ccccc1. The second-order valence-electron chi connectivity index (χ2n) is 7.62. The van der Waals surface area contributed by atoms with Crippen LogP contribution in [0.3, 0.4) is 0 Å². The van der Waals surface area contributed by atoms with E-state index in [9.17, 15) is 9.59 Å². The fourth-order valence-corrected chi connectivity index (χ4v) is 4.29. The minimum atomic E-state index is -0.470. The number of para-hydroxylation sites is 1. The van der Waals surface area contributed by atoms with E-state index < -0.39 is 5.25 Å². The molecule has 2 aromatic heterocycles. The molecule has 1 amide bonds. The summed E-state index contributed by atoms with van der Waals surface area (Å²) in [5, 5.41) is 11.8. The predicted octanol–water partition coefficient (Wildman–Crippen LogP) is 5.22. The summed E-state index contributed by atoms with van der Waals surface area (Å²) in [6, 6.07) is 18.9. The monoisotopic (exact) mass is 460 g/mol. The van der Waals surface area contributed by atoms with Crippen LogP contribution in [0.2, 0.25) is 0 Å². The molecule has 0 spiro atoms. The molecule has 0 aliphatic heterocycles. The van der Waals surface area contributed by atoms with E-state index in [2.05, 4.69) is 15.5 Å². The van der Waals surface area contributed by atoms with Gasteiger partial charge in [0.05, 0.1) is 29.3 Å². The molecule has 4 aromatic rings. The van der Waals surface area contributed by atoms with Gasteiger partial charge in [-0.2, -0.15) is 0 Å². The Labute approximate surface area is 196 Å². The molecule has 0 aliphatic rings. The van der Waals surface area contributed by atoms with Gasteiger partial charge in [-0.1, -0.05) is 54.2 Å². The molecule has 8 heteroatoms. The van der Waals surface area contributed by atoms with Gasteiger partial charge in [-0.3, -0.25) is 14.2 Å². The first-order valence-electron chi connectivity index (χ1n) is 10.5. The average Bonchev–Trinajstić information content (AvgIpc) is 3.40. The summed E-state index contributed by atoms with van der Waals surface area (Å²) in [5.74, 6) is 1.11. The Kier molecular flexibility index (Phi) is 6.74. The third-order valence-electron chi connectivity index (χ3n) is 5.22. The van der Waals surface area contributed by atoms with E-state index in [0.29, 0.717) is 28.8 Å². The number of rotatable bonds is 8. The van der Waals surface area contributed by atoms with Gasteiger partial charge in [0.25, 0.3) is 0 Å². The van der Waals surface area contributed by atoms with Crippen molar-refractivity contribution >= 4 is 29.1 Å². The molecule has 33 heavy (non-hydrogen) atoms. The van der Waals surface area contributed by atoms with Gasteiger partial charge in [-0.25, -0.2) is 0 Å². The first-order valence-corrected chi connectivity index (χ1v) is 11.4. The summed E-state index contributed by atoms with van der Waals surface area (Å²) < 4.78 is 7.46. The highest BCUT2D eigenvalue weighted by atomic mass is 32.2. The Balaban J connectivity index is 1.60. The predicted molar refractivity (Wildman–Crippen MR) is 128 cm³/mol. The largest absolute Gasteiger partial charge is 0.469 e. The number of nitrogens with one attached hydrogen (secondary N) is 1. The Morgan fingerprint density at radius 3 is 2.48 bits per heavy atom. The number of benzene rings is 2. The number of aromatic nitrogens is 3. The van der Waals surface area contributed by atoms with Crippen molar-refractivity contribution in [1.82, 2.24) is 14.8 Å². The number of Topliss-reactive ketones (excluding diaryl/α,β-unsaturated/α-hetero) is 1. The zero-order valence-corrected chi connectivity index (χ0v) is 19.4. The number of carbonyl (C=O) groups excluding carboxylic acids is 2. The van der Waals surface area contributed by atoms with Crippen LogP contribution in [0, 0.1) is 6.92 Å². The topological polar surface area (TPSA) is 90.0 Å². The molecule has 1 N–H and O–H groups in total. The van der Waals surface area contributed by atoms with Gasteiger partial charge >= 0.3 is 0 Å². The quantitative estimate of drug-likeness (QED) is 0.287. The van der Waals surface area contributed by atoms with E-state index in [-0.39, 0.29) is 11.7 Å². The van der Waals surface area contributed by atoms with Crippen molar-refractivity contribution in [3.8, 4) is 11.4 Å². The smallest absolute Gasteiger partial charge is 0.237 e. The van der Waals surface area contributed by atoms with E-state index >= 15 is 0 Å². The van der Waals surface area contributed by atoms with E-state index in [0.717, 1.165) is 16.9 Å². The summed E-state index contributed by atoms with van der Waals surface area (Å²) in [6.07, 6.45) is 1.63. The van der Waals surface area contributed by atoms with Crippen LogP contribution >= 0.6 is 11.8 Å². The van der Waals surface area contributed by atoms with Crippen molar-refractivity contribution < 1.29 is 14.0 Å². The molecular formula is C25H24N4O3S. The van der Waals surface area contributed by atoms with Crippen molar-refractivity contribution in [2.45, 2.75) is 37.7 Å². The second kappa shape index (κ2) is 9.87. The van der Waals surface area contributed by atoms with Gasteiger partial charge in [0.1, 0.15) is 5.76 Å². The number of anilines is 1. The van der Waals surface area contributed by atoms with Gasteiger partial charge in [-0.05, 0) is 44.5 Å². The molecule has 2 heterocycles. The molecule has 0 saturated heterocycles. The highest BCUT2D eigenvalue weighted by Gasteiger charge is 2.23. The van der Waals surface area contributed by atoms with E-state index in [1.54, 1.807) is 37.5 Å². The highest BCUT2D eigenvalue weighted by molar-refractivity contribution is 8.00.